The molecule has 0 aliphatic heterocycles. The highest BCUT2D eigenvalue weighted by Crippen LogP contribution is 2.37. The number of nitrogens with zero attached hydrogens (tertiary/aromatic N) is 1. The molecule has 8 heteroatoms. The number of anilines is 1. The van der Waals surface area contributed by atoms with Gasteiger partial charge in [-0.15, -0.1) is 0 Å². The summed E-state index contributed by atoms with van der Waals surface area (Å²) in [6.07, 6.45) is 1.40. The quantitative estimate of drug-likeness (QED) is 0.623. The van der Waals surface area contributed by atoms with Gasteiger partial charge in [0.25, 0.3) is 5.91 Å². The van der Waals surface area contributed by atoms with E-state index in [1.807, 2.05) is 0 Å². The van der Waals surface area contributed by atoms with Gasteiger partial charge in [0.2, 0.25) is 0 Å². The summed E-state index contributed by atoms with van der Waals surface area (Å²) in [6.45, 7) is 0. The van der Waals surface area contributed by atoms with Crippen molar-refractivity contribution in [2.75, 3.05) is 5.32 Å². The third-order valence-corrected chi connectivity index (χ3v) is 3.54. The first-order chi connectivity index (χ1) is 9.83. The van der Waals surface area contributed by atoms with Crippen LogP contribution in [0.25, 0.3) is 0 Å². The van der Waals surface area contributed by atoms with Crippen molar-refractivity contribution in [2.45, 2.75) is 10.4 Å². The lowest BCUT2D eigenvalue weighted by Crippen LogP contribution is -2.12. The molecule has 1 amide bonds. The SMILES string of the molecule is O=C(Nc1ccc(SC(F)(F)F)cc1)c1ccc(Br)nc1. The number of hydrogen-bond donors (Lipinski definition) is 1. The third-order valence-electron chi connectivity index (χ3n) is 2.34. The first kappa shape index (κ1) is 15.8. The lowest BCUT2D eigenvalue weighted by molar-refractivity contribution is -0.0328. The van der Waals surface area contributed by atoms with E-state index in [0.29, 0.717) is 15.9 Å². The van der Waals surface area contributed by atoms with Crippen molar-refractivity contribution in [3.63, 3.8) is 0 Å². The third kappa shape index (κ3) is 5.05. The van der Waals surface area contributed by atoms with Crippen LogP contribution >= 0.6 is 27.7 Å². The minimum Gasteiger partial charge on any atom is -0.322 e. The number of halogens is 4. The first-order valence-corrected chi connectivity index (χ1v) is 7.23. The molecule has 0 unspecified atom stereocenters. The molecule has 110 valence electrons. The largest absolute Gasteiger partial charge is 0.446 e. The summed E-state index contributed by atoms with van der Waals surface area (Å²) >= 11 is 2.95. The number of aromatic nitrogens is 1. The number of amides is 1. The van der Waals surface area contributed by atoms with Crippen LogP contribution in [0.15, 0.2) is 52.1 Å². The number of benzene rings is 1. The predicted molar refractivity (Wildman–Crippen MR) is 78.2 cm³/mol. The zero-order valence-electron chi connectivity index (χ0n) is 10.3. The van der Waals surface area contributed by atoms with Gasteiger partial charge in [0.1, 0.15) is 4.60 Å². The Morgan fingerprint density at radius 2 is 1.81 bits per heavy atom. The van der Waals surface area contributed by atoms with E-state index in [-0.39, 0.29) is 22.6 Å². The molecule has 2 aromatic rings. The molecule has 0 radical (unpaired) electrons. The minimum absolute atomic E-state index is 0.0609. The molecule has 1 aromatic heterocycles. The van der Waals surface area contributed by atoms with Crippen LogP contribution in [-0.2, 0) is 0 Å². The summed E-state index contributed by atoms with van der Waals surface area (Å²) in [5.74, 6) is -0.383. The molecule has 0 fully saturated rings. The molecule has 1 N–H and O–H groups in total. The first-order valence-electron chi connectivity index (χ1n) is 5.62. The Hall–Kier alpha value is -1.54. The van der Waals surface area contributed by atoms with Gasteiger partial charge >= 0.3 is 5.51 Å². The zero-order valence-corrected chi connectivity index (χ0v) is 12.7. The Balaban J connectivity index is 2.03. The Morgan fingerprint density at radius 1 is 1.14 bits per heavy atom. The Labute approximate surface area is 131 Å². The fourth-order valence-electron chi connectivity index (χ4n) is 1.45. The summed E-state index contributed by atoms with van der Waals surface area (Å²) in [7, 11) is 0. The van der Waals surface area contributed by atoms with Crippen molar-refractivity contribution >= 4 is 39.3 Å². The van der Waals surface area contributed by atoms with Crippen molar-refractivity contribution in [2.24, 2.45) is 0 Å². The van der Waals surface area contributed by atoms with Gasteiger partial charge in [0, 0.05) is 16.8 Å². The fraction of sp³-hybridized carbons (Fsp3) is 0.0769. The number of rotatable bonds is 3. The molecular weight excluding hydrogens is 369 g/mol. The smallest absolute Gasteiger partial charge is 0.322 e. The molecule has 21 heavy (non-hydrogen) atoms. The van der Waals surface area contributed by atoms with Gasteiger partial charge in [-0.05, 0) is 64.1 Å². The molecular formula is C13H8BrF3N2OS. The monoisotopic (exact) mass is 376 g/mol. The summed E-state index contributed by atoms with van der Waals surface area (Å²) in [5.41, 5.74) is -3.56. The normalized spacial score (nSPS) is 11.2. The van der Waals surface area contributed by atoms with Crippen molar-refractivity contribution < 1.29 is 18.0 Å². The average molecular weight is 377 g/mol. The number of carbonyl (C=O) groups excluding carboxylic acids is 1. The van der Waals surface area contributed by atoms with Gasteiger partial charge in [-0.3, -0.25) is 4.79 Å². The molecule has 0 spiro atoms. The lowest BCUT2D eigenvalue weighted by atomic mass is 10.2. The summed E-state index contributed by atoms with van der Waals surface area (Å²) in [6, 6.07) is 8.63. The lowest BCUT2D eigenvalue weighted by Gasteiger charge is -2.08. The van der Waals surface area contributed by atoms with Gasteiger partial charge in [-0.1, -0.05) is 0 Å². The Bertz CT molecular complexity index is 629. The molecule has 0 bridgehead atoms. The van der Waals surface area contributed by atoms with Crippen molar-refractivity contribution in [1.82, 2.24) is 4.98 Å². The van der Waals surface area contributed by atoms with Crippen LogP contribution in [0.2, 0.25) is 0 Å². The number of nitrogens with one attached hydrogen (secondary N) is 1. The van der Waals surface area contributed by atoms with Gasteiger partial charge < -0.3 is 5.32 Å². The van der Waals surface area contributed by atoms with E-state index in [4.69, 9.17) is 0 Å². The fourth-order valence-corrected chi connectivity index (χ4v) is 2.23. The molecule has 2 rings (SSSR count). The molecule has 0 saturated carbocycles. The van der Waals surface area contributed by atoms with E-state index >= 15 is 0 Å². The van der Waals surface area contributed by atoms with E-state index in [2.05, 4.69) is 26.2 Å². The van der Waals surface area contributed by atoms with Crippen LogP contribution in [-0.4, -0.2) is 16.4 Å². The standard InChI is InChI=1S/C13H8BrF3N2OS/c14-11-6-1-8(7-18-11)12(20)19-9-2-4-10(5-3-9)21-13(15,16)17/h1-7H,(H,19,20). The molecule has 0 atom stereocenters. The average Bonchev–Trinajstić information content (AvgIpc) is 2.40. The molecule has 0 aliphatic rings. The van der Waals surface area contributed by atoms with Crippen LogP contribution < -0.4 is 5.32 Å². The highest BCUT2D eigenvalue weighted by atomic mass is 79.9. The highest BCUT2D eigenvalue weighted by Gasteiger charge is 2.29. The number of carbonyl (C=O) groups is 1. The van der Waals surface area contributed by atoms with Crippen molar-refractivity contribution in [1.29, 1.82) is 0 Å². The maximum Gasteiger partial charge on any atom is 0.446 e. The van der Waals surface area contributed by atoms with Gasteiger partial charge in [0.15, 0.2) is 0 Å². The molecule has 1 aromatic carbocycles. The predicted octanol–water partition coefficient (Wildman–Crippen LogP) is 4.71. The van der Waals surface area contributed by atoms with Crippen molar-refractivity contribution in [3.8, 4) is 0 Å². The van der Waals surface area contributed by atoms with Crippen LogP contribution in [0.3, 0.4) is 0 Å². The number of thioether (sulfide) groups is 1. The van der Waals surface area contributed by atoms with E-state index in [0.717, 1.165) is 0 Å². The van der Waals surface area contributed by atoms with Crippen LogP contribution in [0.1, 0.15) is 10.4 Å². The minimum atomic E-state index is -4.33. The van der Waals surface area contributed by atoms with Gasteiger partial charge in [0.05, 0.1) is 5.56 Å². The number of alkyl halides is 3. The van der Waals surface area contributed by atoms with Crippen LogP contribution in [0, 0.1) is 0 Å². The molecule has 0 aliphatic carbocycles. The number of hydrogen-bond acceptors (Lipinski definition) is 3. The molecule has 0 saturated heterocycles. The topological polar surface area (TPSA) is 42.0 Å². The second kappa shape index (κ2) is 6.48. The van der Waals surface area contributed by atoms with E-state index in [1.165, 1.54) is 30.5 Å². The maximum atomic E-state index is 12.2. The maximum absolute atomic E-state index is 12.2. The van der Waals surface area contributed by atoms with E-state index in [9.17, 15) is 18.0 Å². The Kier molecular flexibility index (Phi) is 4.89. The van der Waals surface area contributed by atoms with Crippen LogP contribution in [0.5, 0.6) is 0 Å². The summed E-state index contributed by atoms with van der Waals surface area (Å²) < 4.78 is 37.2. The molecule has 3 nitrogen and oxygen atoms in total. The van der Waals surface area contributed by atoms with Crippen molar-refractivity contribution in [3.05, 3.63) is 52.8 Å². The van der Waals surface area contributed by atoms with Gasteiger partial charge in [-0.2, -0.15) is 13.2 Å². The summed E-state index contributed by atoms with van der Waals surface area (Å²) in [5, 5.41) is 2.58. The van der Waals surface area contributed by atoms with Crippen LogP contribution in [0.4, 0.5) is 18.9 Å². The van der Waals surface area contributed by atoms with E-state index < -0.39 is 5.51 Å². The van der Waals surface area contributed by atoms with E-state index in [1.54, 1.807) is 12.1 Å². The Morgan fingerprint density at radius 3 is 2.33 bits per heavy atom. The zero-order chi connectivity index (χ0) is 15.5. The second-order valence-electron chi connectivity index (χ2n) is 3.90. The van der Waals surface area contributed by atoms with Gasteiger partial charge in [-0.25, -0.2) is 4.98 Å². The summed E-state index contributed by atoms with van der Waals surface area (Å²) in [4.78, 5) is 15.9. The molecule has 1 heterocycles. The second-order valence-corrected chi connectivity index (χ2v) is 5.85. The highest BCUT2D eigenvalue weighted by molar-refractivity contribution is 9.10. The number of pyridine rings is 1.